The fraction of sp³-hybridized carbons (Fsp3) is 0.212. The standard InChI is InChI=1S/C33H35N3O2S/c1-23(20-24-12-16-28(17-13-24)26-8-4-2-5-9-26)35-33(38)31(36-32(37)30(34)22-39)21-25-14-18-29(19-15-25)27-10-6-3-7-11-27/h2-19,23,30-31,39H,20-22,34H2,1H3,(H,35,38)(H,36,37). The molecule has 0 aliphatic heterocycles. The zero-order valence-electron chi connectivity index (χ0n) is 22.1. The maximum absolute atomic E-state index is 13.3. The van der Waals surface area contributed by atoms with Crippen molar-refractivity contribution in [2.24, 2.45) is 5.73 Å². The largest absolute Gasteiger partial charge is 0.352 e. The Labute approximate surface area is 236 Å². The normalized spacial score (nSPS) is 13.2. The van der Waals surface area contributed by atoms with Gasteiger partial charge in [0.25, 0.3) is 0 Å². The second-order valence-corrected chi connectivity index (χ2v) is 10.2. The van der Waals surface area contributed by atoms with E-state index < -0.39 is 18.0 Å². The Hall–Kier alpha value is -3.87. The summed E-state index contributed by atoms with van der Waals surface area (Å²) in [7, 11) is 0. The highest BCUT2D eigenvalue weighted by Gasteiger charge is 2.25. The first-order valence-corrected chi connectivity index (χ1v) is 13.8. The minimum absolute atomic E-state index is 0.126. The van der Waals surface area contributed by atoms with Gasteiger partial charge in [0, 0.05) is 18.2 Å². The Kier molecular flexibility index (Phi) is 9.95. The Balaban J connectivity index is 1.41. The number of nitrogens with two attached hydrogens (primary N) is 1. The van der Waals surface area contributed by atoms with Crippen molar-refractivity contribution in [3.63, 3.8) is 0 Å². The maximum Gasteiger partial charge on any atom is 0.243 e. The van der Waals surface area contributed by atoms with Gasteiger partial charge < -0.3 is 16.4 Å². The first-order chi connectivity index (χ1) is 18.9. The number of thiol groups is 1. The number of amides is 2. The minimum atomic E-state index is -0.787. The lowest BCUT2D eigenvalue weighted by atomic mass is 9.99. The van der Waals surface area contributed by atoms with Crippen LogP contribution in [0.15, 0.2) is 109 Å². The first kappa shape index (κ1) is 28.1. The van der Waals surface area contributed by atoms with Gasteiger partial charge in [-0.15, -0.1) is 0 Å². The van der Waals surface area contributed by atoms with E-state index in [1.165, 1.54) is 5.56 Å². The molecule has 39 heavy (non-hydrogen) atoms. The number of benzene rings is 4. The van der Waals surface area contributed by atoms with Crippen LogP contribution in [0.3, 0.4) is 0 Å². The number of nitrogens with one attached hydrogen (secondary N) is 2. The molecular formula is C33H35N3O2S. The zero-order valence-corrected chi connectivity index (χ0v) is 23.0. The third kappa shape index (κ3) is 8.06. The highest BCUT2D eigenvalue weighted by Crippen LogP contribution is 2.21. The smallest absolute Gasteiger partial charge is 0.243 e. The van der Waals surface area contributed by atoms with Crippen molar-refractivity contribution in [2.45, 2.75) is 37.9 Å². The molecule has 200 valence electrons. The van der Waals surface area contributed by atoms with E-state index in [2.05, 4.69) is 71.8 Å². The summed E-state index contributed by atoms with van der Waals surface area (Å²) in [5.74, 6) is -0.438. The fourth-order valence-electron chi connectivity index (χ4n) is 4.48. The van der Waals surface area contributed by atoms with Gasteiger partial charge in [0.05, 0.1) is 6.04 Å². The lowest BCUT2D eigenvalue weighted by Crippen LogP contribution is -2.54. The predicted octanol–water partition coefficient (Wildman–Crippen LogP) is 5.05. The molecule has 0 radical (unpaired) electrons. The molecule has 4 aromatic carbocycles. The number of rotatable bonds is 11. The van der Waals surface area contributed by atoms with Crippen LogP contribution in [0.2, 0.25) is 0 Å². The third-order valence-corrected chi connectivity index (χ3v) is 7.05. The molecule has 0 fully saturated rings. The molecule has 3 atom stereocenters. The van der Waals surface area contributed by atoms with Gasteiger partial charge in [0.15, 0.2) is 0 Å². The molecule has 0 aliphatic carbocycles. The van der Waals surface area contributed by atoms with Gasteiger partial charge in [0.2, 0.25) is 11.8 Å². The average molecular weight is 538 g/mol. The van der Waals surface area contributed by atoms with Crippen molar-refractivity contribution < 1.29 is 9.59 Å². The SMILES string of the molecule is CC(Cc1ccc(-c2ccccc2)cc1)NC(=O)C(Cc1ccc(-c2ccccc2)cc1)NC(=O)C(N)CS. The molecule has 4 aromatic rings. The summed E-state index contributed by atoms with van der Waals surface area (Å²) in [5.41, 5.74) is 12.5. The molecule has 0 heterocycles. The summed E-state index contributed by atoms with van der Waals surface area (Å²) in [6.45, 7) is 1.97. The van der Waals surface area contributed by atoms with E-state index >= 15 is 0 Å². The number of hydrogen-bond donors (Lipinski definition) is 4. The molecule has 4 rings (SSSR count). The molecule has 0 aliphatic rings. The van der Waals surface area contributed by atoms with E-state index in [4.69, 9.17) is 5.73 Å². The molecular weight excluding hydrogens is 502 g/mol. The average Bonchev–Trinajstić information content (AvgIpc) is 2.98. The number of carbonyl (C=O) groups excluding carboxylic acids is 2. The van der Waals surface area contributed by atoms with Crippen LogP contribution < -0.4 is 16.4 Å². The third-order valence-electron chi connectivity index (χ3n) is 6.66. The summed E-state index contributed by atoms with van der Waals surface area (Å²) in [6.07, 6.45) is 1.02. The van der Waals surface area contributed by atoms with Crippen molar-refractivity contribution in [1.29, 1.82) is 0 Å². The Morgan fingerprint density at radius 1 is 0.641 bits per heavy atom. The van der Waals surface area contributed by atoms with Crippen LogP contribution in [0.25, 0.3) is 22.3 Å². The first-order valence-electron chi connectivity index (χ1n) is 13.2. The maximum atomic E-state index is 13.3. The molecule has 3 unspecified atom stereocenters. The van der Waals surface area contributed by atoms with Crippen LogP contribution in [0.5, 0.6) is 0 Å². The summed E-state index contributed by atoms with van der Waals surface area (Å²) in [5, 5.41) is 5.91. The lowest BCUT2D eigenvalue weighted by Gasteiger charge is -2.23. The molecule has 0 spiro atoms. The summed E-state index contributed by atoms with van der Waals surface area (Å²) in [6, 6.07) is 35.1. The lowest BCUT2D eigenvalue weighted by molar-refractivity contribution is -0.129. The summed E-state index contributed by atoms with van der Waals surface area (Å²) in [4.78, 5) is 25.9. The quantitative estimate of drug-likeness (QED) is 0.202. The van der Waals surface area contributed by atoms with Gasteiger partial charge in [-0.1, -0.05) is 109 Å². The summed E-state index contributed by atoms with van der Waals surface area (Å²) < 4.78 is 0. The van der Waals surface area contributed by atoms with Gasteiger partial charge in [-0.25, -0.2) is 0 Å². The molecule has 0 saturated heterocycles. The molecule has 0 aromatic heterocycles. The highest BCUT2D eigenvalue weighted by molar-refractivity contribution is 7.80. The van der Waals surface area contributed by atoms with Gasteiger partial charge in [0.1, 0.15) is 6.04 Å². The van der Waals surface area contributed by atoms with Crippen LogP contribution in [0, 0.1) is 0 Å². The minimum Gasteiger partial charge on any atom is -0.352 e. The van der Waals surface area contributed by atoms with E-state index in [1.54, 1.807) is 0 Å². The second kappa shape index (κ2) is 13.8. The van der Waals surface area contributed by atoms with Crippen molar-refractivity contribution in [1.82, 2.24) is 10.6 Å². The van der Waals surface area contributed by atoms with Crippen LogP contribution in [0.1, 0.15) is 18.1 Å². The van der Waals surface area contributed by atoms with Crippen molar-refractivity contribution in [3.05, 3.63) is 120 Å². The topological polar surface area (TPSA) is 84.2 Å². The number of carbonyl (C=O) groups is 2. The van der Waals surface area contributed by atoms with E-state index in [1.807, 2.05) is 67.6 Å². The highest BCUT2D eigenvalue weighted by atomic mass is 32.1. The Morgan fingerprint density at radius 3 is 1.54 bits per heavy atom. The second-order valence-electron chi connectivity index (χ2n) is 9.79. The van der Waals surface area contributed by atoms with E-state index in [0.717, 1.165) is 27.8 Å². The van der Waals surface area contributed by atoms with Gasteiger partial charge in [-0.05, 0) is 46.7 Å². The van der Waals surface area contributed by atoms with Crippen LogP contribution in [-0.2, 0) is 22.4 Å². The van der Waals surface area contributed by atoms with Crippen molar-refractivity contribution >= 4 is 24.4 Å². The van der Waals surface area contributed by atoms with E-state index in [0.29, 0.717) is 12.8 Å². The van der Waals surface area contributed by atoms with E-state index in [9.17, 15) is 9.59 Å². The molecule has 5 nitrogen and oxygen atoms in total. The predicted molar refractivity (Wildman–Crippen MR) is 163 cm³/mol. The zero-order chi connectivity index (χ0) is 27.6. The Bertz CT molecular complexity index is 1340. The molecule has 2 amide bonds. The molecule has 0 saturated carbocycles. The monoisotopic (exact) mass is 537 g/mol. The van der Waals surface area contributed by atoms with Crippen LogP contribution in [-0.4, -0.2) is 35.7 Å². The number of hydrogen-bond acceptors (Lipinski definition) is 4. The van der Waals surface area contributed by atoms with Crippen LogP contribution >= 0.6 is 12.6 Å². The molecule has 6 heteroatoms. The summed E-state index contributed by atoms with van der Waals surface area (Å²) >= 11 is 4.13. The fourth-order valence-corrected chi connectivity index (χ4v) is 4.65. The van der Waals surface area contributed by atoms with Crippen LogP contribution in [0.4, 0.5) is 0 Å². The Morgan fingerprint density at radius 2 is 1.08 bits per heavy atom. The van der Waals surface area contributed by atoms with E-state index in [-0.39, 0.29) is 17.7 Å². The molecule has 0 bridgehead atoms. The molecule has 4 N–H and O–H groups in total. The van der Waals surface area contributed by atoms with Gasteiger partial charge in [-0.2, -0.15) is 12.6 Å². The van der Waals surface area contributed by atoms with Gasteiger partial charge in [-0.3, -0.25) is 9.59 Å². The van der Waals surface area contributed by atoms with Crippen molar-refractivity contribution in [3.8, 4) is 22.3 Å². The van der Waals surface area contributed by atoms with Gasteiger partial charge >= 0.3 is 0 Å². The van der Waals surface area contributed by atoms with Crippen molar-refractivity contribution in [2.75, 3.05) is 5.75 Å².